The van der Waals surface area contributed by atoms with Crippen molar-refractivity contribution in [1.29, 1.82) is 0 Å². The first kappa shape index (κ1) is 12.3. The summed E-state index contributed by atoms with van der Waals surface area (Å²) in [6.45, 7) is -0.0525. The van der Waals surface area contributed by atoms with Gasteiger partial charge in [-0.2, -0.15) is 0 Å². The summed E-state index contributed by atoms with van der Waals surface area (Å²) in [7, 11) is 2.86. The Kier molecular flexibility index (Phi) is 4.54. The number of benzene rings is 1. The maximum absolute atomic E-state index is 10.9. The fourth-order valence-electron chi connectivity index (χ4n) is 1.24. The van der Waals surface area contributed by atoms with Crippen molar-refractivity contribution in [3.63, 3.8) is 0 Å². The molecule has 1 aromatic carbocycles. The number of methoxy groups -OCH3 is 2. The summed E-state index contributed by atoms with van der Waals surface area (Å²) in [5.74, 6) is 0.203. The Labute approximate surface area is 94.1 Å². The van der Waals surface area contributed by atoms with E-state index in [1.54, 1.807) is 31.4 Å². The highest BCUT2D eigenvalue weighted by Crippen LogP contribution is 2.21. The highest BCUT2D eigenvalue weighted by Gasteiger charge is 2.02. The Morgan fingerprint density at radius 1 is 1.44 bits per heavy atom. The largest absolute Gasteiger partial charge is 0.496 e. The molecule has 0 bridgehead atoms. The molecule has 4 nitrogen and oxygen atoms in total. The lowest BCUT2D eigenvalue weighted by molar-refractivity contribution is -0.134. The summed E-state index contributed by atoms with van der Waals surface area (Å²) in [4.78, 5) is 10.9. The van der Waals surface area contributed by atoms with Crippen molar-refractivity contribution in [3.8, 4) is 5.75 Å². The van der Waals surface area contributed by atoms with Gasteiger partial charge in [0.25, 0.3) is 0 Å². The quantitative estimate of drug-likeness (QED) is 0.617. The number of ether oxygens (including phenoxy) is 2. The molecular weight excluding hydrogens is 208 g/mol. The highest BCUT2D eigenvalue weighted by molar-refractivity contribution is 5.87. The van der Waals surface area contributed by atoms with Crippen LogP contribution < -0.4 is 4.74 Å². The van der Waals surface area contributed by atoms with Crippen LogP contribution in [-0.2, 0) is 16.1 Å². The molecule has 86 valence electrons. The van der Waals surface area contributed by atoms with E-state index in [0.717, 1.165) is 11.1 Å². The highest BCUT2D eigenvalue weighted by atomic mass is 16.5. The number of aliphatic hydroxyl groups is 1. The minimum Gasteiger partial charge on any atom is -0.496 e. The van der Waals surface area contributed by atoms with Crippen LogP contribution in [0.15, 0.2) is 24.3 Å². The van der Waals surface area contributed by atoms with Crippen LogP contribution in [-0.4, -0.2) is 25.3 Å². The van der Waals surface area contributed by atoms with Crippen molar-refractivity contribution >= 4 is 12.0 Å². The molecule has 1 rings (SSSR count). The molecule has 0 atom stereocenters. The molecule has 0 aliphatic heterocycles. The van der Waals surface area contributed by atoms with Crippen molar-refractivity contribution < 1.29 is 19.4 Å². The zero-order valence-corrected chi connectivity index (χ0v) is 9.27. The van der Waals surface area contributed by atoms with Gasteiger partial charge in [-0.25, -0.2) is 4.79 Å². The van der Waals surface area contributed by atoms with Crippen LogP contribution in [0.25, 0.3) is 6.08 Å². The third-order valence-corrected chi connectivity index (χ3v) is 2.08. The maximum atomic E-state index is 10.9. The number of carbonyl (C=O) groups excluding carboxylic acids is 1. The van der Waals surface area contributed by atoms with Gasteiger partial charge in [0, 0.05) is 11.6 Å². The van der Waals surface area contributed by atoms with E-state index in [1.165, 1.54) is 13.2 Å². The van der Waals surface area contributed by atoms with Gasteiger partial charge in [0.1, 0.15) is 5.75 Å². The molecule has 0 aliphatic rings. The number of aliphatic hydroxyl groups excluding tert-OH is 1. The normalized spacial score (nSPS) is 10.4. The van der Waals surface area contributed by atoms with E-state index in [0.29, 0.717) is 5.75 Å². The zero-order chi connectivity index (χ0) is 12.0. The molecular formula is C12H14O4. The van der Waals surface area contributed by atoms with Gasteiger partial charge in [-0.1, -0.05) is 6.07 Å². The third kappa shape index (κ3) is 3.10. The molecule has 0 fully saturated rings. The SMILES string of the molecule is COC(=O)C=Cc1cc(CO)ccc1OC. The average Bonchev–Trinajstić information content (AvgIpc) is 2.35. The van der Waals surface area contributed by atoms with Gasteiger partial charge in [0.2, 0.25) is 0 Å². The van der Waals surface area contributed by atoms with Crippen molar-refractivity contribution in [2.24, 2.45) is 0 Å². The second kappa shape index (κ2) is 5.92. The van der Waals surface area contributed by atoms with Gasteiger partial charge in [-0.15, -0.1) is 0 Å². The van der Waals surface area contributed by atoms with E-state index in [-0.39, 0.29) is 6.61 Å². The second-order valence-electron chi connectivity index (χ2n) is 3.09. The zero-order valence-electron chi connectivity index (χ0n) is 9.27. The fourth-order valence-corrected chi connectivity index (χ4v) is 1.24. The summed E-state index contributed by atoms with van der Waals surface area (Å²) in [5.41, 5.74) is 1.48. The van der Waals surface area contributed by atoms with Crippen LogP contribution in [0.1, 0.15) is 11.1 Å². The molecule has 4 heteroatoms. The minimum absolute atomic E-state index is 0.0525. The minimum atomic E-state index is -0.434. The number of esters is 1. The van der Waals surface area contributed by atoms with Gasteiger partial charge in [-0.05, 0) is 23.8 Å². The predicted octanol–water partition coefficient (Wildman–Crippen LogP) is 1.37. The number of rotatable bonds is 4. The summed E-state index contributed by atoms with van der Waals surface area (Å²) in [6.07, 6.45) is 2.89. The summed E-state index contributed by atoms with van der Waals surface area (Å²) < 4.78 is 9.61. The Bertz CT molecular complexity index is 396. The second-order valence-corrected chi connectivity index (χ2v) is 3.09. The van der Waals surface area contributed by atoms with Gasteiger partial charge in [-0.3, -0.25) is 0 Å². The lowest BCUT2D eigenvalue weighted by atomic mass is 10.1. The smallest absolute Gasteiger partial charge is 0.330 e. The topological polar surface area (TPSA) is 55.8 Å². The standard InChI is InChI=1S/C12H14O4/c1-15-11-5-3-9(8-13)7-10(11)4-6-12(14)16-2/h3-7,13H,8H2,1-2H3. The van der Waals surface area contributed by atoms with Crippen LogP contribution >= 0.6 is 0 Å². The van der Waals surface area contributed by atoms with E-state index in [4.69, 9.17) is 9.84 Å². The maximum Gasteiger partial charge on any atom is 0.330 e. The van der Waals surface area contributed by atoms with Gasteiger partial charge in [0.15, 0.2) is 0 Å². The molecule has 1 N–H and O–H groups in total. The molecule has 0 aromatic heterocycles. The Balaban J connectivity index is 2.99. The first-order chi connectivity index (χ1) is 7.71. The number of hydrogen-bond donors (Lipinski definition) is 1. The molecule has 0 heterocycles. The van der Waals surface area contributed by atoms with Crippen LogP contribution in [0.3, 0.4) is 0 Å². The van der Waals surface area contributed by atoms with Crippen LogP contribution in [0.5, 0.6) is 5.75 Å². The number of carbonyl (C=O) groups is 1. The summed E-state index contributed by atoms with van der Waals surface area (Å²) in [6, 6.07) is 5.25. The van der Waals surface area contributed by atoms with Crippen LogP contribution in [0, 0.1) is 0 Å². The number of hydrogen-bond acceptors (Lipinski definition) is 4. The monoisotopic (exact) mass is 222 g/mol. The Hall–Kier alpha value is -1.81. The molecule has 0 unspecified atom stereocenters. The van der Waals surface area contributed by atoms with Crippen LogP contribution in [0.2, 0.25) is 0 Å². The van der Waals surface area contributed by atoms with Crippen molar-refractivity contribution in [1.82, 2.24) is 0 Å². The summed E-state index contributed by atoms with van der Waals surface area (Å²) >= 11 is 0. The Morgan fingerprint density at radius 3 is 2.75 bits per heavy atom. The molecule has 0 aliphatic carbocycles. The van der Waals surface area contributed by atoms with Crippen molar-refractivity contribution in [2.75, 3.05) is 14.2 Å². The fraction of sp³-hybridized carbons (Fsp3) is 0.250. The first-order valence-corrected chi connectivity index (χ1v) is 4.75. The predicted molar refractivity (Wildman–Crippen MR) is 60.0 cm³/mol. The average molecular weight is 222 g/mol. The molecule has 0 spiro atoms. The van der Waals surface area contributed by atoms with Crippen molar-refractivity contribution in [2.45, 2.75) is 6.61 Å². The van der Waals surface area contributed by atoms with Gasteiger partial charge in [0.05, 0.1) is 20.8 Å². The van der Waals surface area contributed by atoms with E-state index >= 15 is 0 Å². The molecule has 0 amide bonds. The lowest BCUT2D eigenvalue weighted by Crippen LogP contribution is -1.95. The molecule has 0 saturated heterocycles. The first-order valence-electron chi connectivity index (χ1n) is 4.75. The molecule has 0 saturated carbocycles. The van der Waals surface area contributed by atoms with Crippen molar-refractivity contribution in [3.05, 3.63) is 35.4 Å². The third-order valence-electron chi connectivity index (χ3n) is 2.08. The molecule has 1 aromatic rings. The molecule has 16 heavy (non-hydrogen) atoms. The van der Waals surface area contributed by atoms with E-state index in [9.17, 15) is 4.79 Å². The lowest BCUT2D eigenvalue weighted by Gasteiger charge is -2.06. The molecule has 0 radical (unpaired) electrons. The Morgan fingerprint density at radius 2 is 2.19 bits per heavy atom. The van der Waals surface area contributed by atoms with E-state index in [1.807, 2.05) is 0 Å². The van der Waals surface area contributed by atoms with E-state index in [2.05, 4.69) is 4.74 Å². The summed E-state index contributed by atoms with van der Waals surface area (Å²) in [5, 5.41) is 8.99. The van der Waals surface area contributed by atoms with Gasteiger partial charge >= 0.3 is 5.97 Å². The van der Waals surface area contributed by atoms with Gasteiger partial charge < -0.3 is 14.6 Å². The van der Waals surface area contributed by atoms with E-state index < -0.39 is 5.97 Å². The van der Waals surface area contributed by atoms with Crippen LogP contribution in [0.4, 0.5) is 0 Å².